The van der Waals surface area contributed by atoms with Crippen molar-refractivity contribution in [2.24, 2.45) is 4.99 Å². The third kappa shape index (κ3) is 2.66. The maximum absolute atomic E-state index is 5.86. The van der Waals surface area contributed by atoms with E-state index in [0.29, 0.717) is 6.04 Å². The van der Waals surface area contributed by atoms with Gasteiger partial charge in [0.2, 0.25) is 0 Å². The summed E-state index contributed by atoms with van der Waals surface area (Å²) in [5.74, 6) is 0. The molecule has 0 spiro atoms. The molecular weight excluding hydrogens is 224 g/mol. The number of anilines is 1. The highest BCUT2D eigenvalue weighted by molar-refractivity contribution is 5.94. The van der Waals surface area contributed by atoms with E-state index in [2.05, 4.69) is 54.9 Å². The lowest BCUT2D eigenvalue weighted by Crippen LogP contribution is -2.33. The highest BCUT2D eigenvalue weighted by Crippen LogP contribution is 2.26. The number of aliphatic imine (C=N–C) groups is 1. The highest BCUT2D eigenvalue weighted by atomic mass is 16.5. The Morgan fingerprint density at radius 2 is 1.94 bits per heavy atom. The van der Waals surface area contributed by atoms with Crippen molar-refractivity contribution in [1.82, 2.24) is 0 Å². The predicted molar refractivity (Wildman–Crippen MR) is 76.1 cm³/mol. The van der Waals surface area contributed by atoms with E-state index in [9.17, 15) is 0 Å². The summed E-state index contributed by atoms with van der Waals surface area (Å²) in [6, 6.07) is 11.4. The molecule has 2 atom stereocenters. The van der Waals surface area contributed by atoms with Gasteiger partial charge < -0.3 is 4.74 Å². The first kappa shape index (κ1) is 12.9. The number of hydrogen-bond donors (Lipinski definition) is 0. The summed E-state index contributed by atoms with van der Waals surface area (Å²) >= 11 is 0. The van der Waals surface area contributed by atoms with Gasteiger partial charge in [-0.2, -0.15) is 0 Å². The summed E-state index contributed by atoms with van der Waals surface area (Å²) in [6.45, 7) is 7.30. The lowest BCUT2D eigenvalue weighted by molar-refractivity contribution is 0.226. The number of benzene rings is 1. The van der Waals surface area contributed by atoms with Crippen molar-refractivity contribution in [1.29, 1.82) is 0 Å². The normalized spacial score (nSPS) is 25.5. The fraction of sp³-hybridized carbons (Fsp3) is 0.533. The van der Waals surface area contributed by atoms with Crippen LogP contribution in [-0.2, 0) is 4.74 Å². The van der Waals surface area contributed by atoms with E-state index >= 15 is 0 Å². The van der Waals surface area contributed by atoms with E-state index < -0.39 is 0 Å². The second-order valence-corrected chi connectivity index (χ2v) is 4.79. The zero-order valence-corrected chi connectivity index (χ0v) is 11.5. The Labute approximate surface area is 109 Å². The van der Waals surface area contributed by atoms with Crippen LogP contribution in [-0.4, -0.2) is 24.7 Å². The van der Waals surface area contributed by atoms with Crippen molar-refractivity contribution in [3.05, 3.63) is 30.3 Å². The van der Waals surface area contributed by atoms with Crippen molar-refractivity contribution in [2.45, 2.75) is 45.8 Å². The van der Waals surface area contributed by atoms with Gasteiger partial charge in [-0.25, -0.2) is 4.99 Å². The van der Waals surface area contributed by atoms with Gasteiger partial charge in [0, 0.05) is 12.2 Å². The number of hydrogen-bond acceptors (Lipinski definition) is 2. The van der Waals surface area contributed by atoms with Crippen LogP contribution in [0.25, 0.3) is 0 Å². The van der Waals surface area contributed by atoms with Gasteiger partial charge in [0.05, 0.1) is 6.04 Å². The lowest BCUT2D eigenvalue weighted by atomic mass is 10.2. The Hall–Kier alpha value is -1.51. The van der Waals surface area contributed by atoms with E-state index in [1.54, 1.807) is 0 Å². The first-order valence-electron chi connectivity index (χ1n) is 6.79. The Balaban J connectivity index is 2.21. The monoisotopic (exact) mass is 246 g/mol. The minimum Gasteiger partial charge on any atom is -0.460 e. The molecule has 0 unspecified atom stereocenters. The van der Waals surface area contributed by atoms with Crippen LogP contribution in [0.1, 0.15) is 33.6 Å². The molecular formula is C15H22N2O. The van der Waals surface area contributed by atoms with E-state index in [4.69, 9.17) is 4.74 Å². The van der Waals surface area contributed by atoms with E-state index in [-0.39, 0.29) is 6.10 Å². The largest absolute Gasteiger partial charge is 0.460 e. The van der Waals surface area contributed by atoms with Crippen LogP contribution in [0, 0.1) is 0 Å². The molecule has 1 aromatic carbocycles. The molecule has 0 N–H and O–H groups in total. The van der Waals surface area contributed by atoms with Gasteiger partial charge >= 0.3 is 0 Å². The molecule has 0 saturated carbocycles. The number of rotatable bonds is 4. The lowest BCUT2D eigenvalue weighted by Gasteiger charge is -2.21. The van der Waals surface area contributed by atoms with Gasteiger partial charge in [0.1, 0.15) is 6.10 Å². The van der Waals surface area contributed by atoms with Gasteiger partial charge in [-0.05, 0) is 32.4 Å². The molecule has 1 aromatic rings. The average Bonchev–Trinajstić information content (AvgIpc) is 2.67. The summed E-state index contributed by atoms with van der Waals surface area (Å²) < 4.78 is 5.86. The maximum atomic E-state index is 5.86. The highest BCUT2D eigenvalue weighted by Gasteiger charge is 2.34. The van der Waals surface area contributed by atoms with Crippen LogP contribution in [0.4, 0.5) is 5.69 Å². The second-order valence-electron chi connectivity index (χ2n) is 4.79. The number of amidine groups is 1. The van der Waals surface area contributed by atoms with Crippen LogP contribution < -0.4 is 4.90 Å². The molecule has 1 saturated heterocycles. The molecule has 0 radical (unpaired) electrons. The van der Waals surface area contributed by atoms with Crippen LogP contribution in [0.15, 0.2) is 35.3 Å². The smallest absolute Gasteiger partial charge is 0.292 e. The second kappa shape index (κ2) is 5.89. The first-order chi connectivity index (χ1) is 8.74. The van der Waals surface area contributed by atoms with Gasteiger partial charge in [0.25, 0.3) is 6.02 Å². The SMILES string of the molecule is CCCCN=C1O[C@H](C)[C@@H](C)N1c1ccccc1. The fourth-order valence-corrected chi connectivity index (χ4v) is 2.09. The number of nitrogens with zero attached hydrogens (tertiary/aromatic N) is 2. The van der Waals surface area contributed by atoms with Crippen LogP contribution >= 0.6 is 0 Å². The van der Waals surface area contributed by atoms with Crippen LogP contribution in [0.2, 0.25) is 0 Å². The predicted octanol–water partition coefficient (Wildman–Crippen LogP) is 3.46. The maximum Gasteiger partial charge on any atom is 0.292 e. The third-order valence-corrected chi connectivity index (χ3v) is 3.38. The standard InChI is InChI=1S/C15H22N2O/c1-4-5-11-16-15-17(12(2)13(3)18-15)14-9-7-6-8-10-14/h6-10,12-13H,4-5,11H2,1-3H3/t12-,13-/m1/s1. The van der Waals surface area contributed by atoms with Gasteiger partial charge in [-0.15, -0.1) is 0 Å². The molecule has 0 aliphatic carbocycles. The van der Waals surface area contributed by atoms with Crippen molar-refractivity contribution >= 4 is 11.7 Å². The first-order valence-corrected chi connectivity index (χ1v) is 6.79. The molecule has 1 aliphatic heterocycles. The van der Waals surface area contributed by atoms with Gasteiger partial charge in [-0.1, -0.05) is 31.5 Å². The Morgan fingerprint density at radius 3 is 2.61 bits per heavy atom. The quantitative estimate of drug-likeness (QED) is 0.760. The topological polar surface area (TPSA) is 24.8 Å². The molecule has 3 nitrogen and oxygen atoms in total. The average molecular weight is 246 g/mol. The van der Waals surface area contributed by atoms with Crippen LogP contribution in [0.3, 0.4) is 0 Å². The molecule has 0 bridgehead atoms. The Morgan fingerprint density at radius 1 is 1.22 bits per heavy atom. The van der Waals surface area contributed by atoms with Crippen LogP contribution in [0.5, 0.6) is 0 Å². The molecule has 2 rings (SSSR count). The third-order valence-electron chi connectivity index (χ3n) is 3.38. The van der Waals surface area contributed by atoms with Crippen molar-refractivity contribution < 1.29 is 4.74 Å². The van der Waals surface area contributed by atoms with Gasteiger partial charge in [0.15, 0.2) is 0 Å². The zero-order valence-electron chi connectivity index (χ0n) is 11.5. The van der Waals surface area contributed by atoms with E-state index in [1.165, 1.54) is 0 Å². The molecule has 1 fully saturated rings. The molecule has 3 heteroatoms. The van der Waals surface area contributed by atoms with Crippen molar-refractivity contribution in [3.63, 3.8) is 0 Å². The molecule has 0 aromatic heterocycles. The van der Waals surface area contributed by atoms with Gasteiger partial charge in [-0.3, -0.25) is 4.90 Å². The Kier molecular flexibility index (Phi) is 4.24. The minimum atomic E-state index is 0.186. The number of unbranched alkanes of at least 4 members (excludes halogenated alkanes) is 1. The molecule has 18 heavy (non-hydrogen) atoms. The minimum absolute atomic E-state index is 0.186. The zero-order chi connectivity index (χ0) is 13.0. The summed E-state index contributed by atoms with van der Waals surface area (Å²) in [4.78, 5) is 6.79. The van der Waals surface area contributed by atoms with Crippen molar-refractivity contribution in [3.8, 4) is 0 Å². The number of para-hydroxylation sites is 1. The van der Waals surface area contributed by atoms with E-state index in [1.807, 2.05) is 6.07 Å². The summed E-state index contributed by atoms with van der Waals surface area (Å²) in [5.41, 5.74) is 1.16. The molecule has 0 amide bonds. The number of ether oxygens (including phenoxy) is 1. The summed E-state index contributed by atoms with van der Waals surface area (Å²) in [7, 11) is 0. The van der Waals surface area contributed by atoms with Crippen molar-refractivity contribution in [2.75, 3.05) is 11.4 Å². The van der Waals surface area contributed by atoms with E-state index in [0.717, 1.165) is 31.1 Å². The molecule has 98 valence electrons. The summed E-state index contributed by atoms with van der Waals surface area (Å²) in [6.07, 6.45) is 2.46. The molecule has 1 heterocycles. The Bertz CT molecular complexity index is 402. The molecule has 1 aliphatic rings. The fourth-order valence-electron chi connectivity index (χ4n) is 2.09. The summed E-state index contributed by atoms with van der Waals surface area (Å²) in [5, 5.41) is 0.